The van der Waals surface area contributed by atoms with E-state index in [1.807, 2.05) is 12.1 Å². The number of nitrogens with one attached hydrogen (secondary N) is 1. The van der Waals surface area contributed by atoms with E-state index >= 15 is 0 Å². The number of rotatable bonds is 7. The Bertz CT molecular complexity index is 416. The highest BCUT2D eigenvalue weighted by molar-refractivity contribution is 5.21. The van der Waals surface area contributed by atoms with Gasteiger partial charge in [0.05, 0.1) is 0 Å². The lowest BCUT2D eigenvalue weighted by molar-refractivity contribution is 0.127. The van der Waals surface area contributed by atoms with Crippen molar-refractivity contribution in [1.29, 1.82) is 0 Å². The van der Waals surface area contributed by atoms with E-state index in [4.69, 9.17) is 0 Å². The number of halogens is 1. The largest absolute Gasteiger partial charge is 0.309 e. The first-order valence-electron chi connectivity index (χ1n) is 8.17. The fourth-order valence-electron chi connectivity index (χ4n) is 2.90. The first-order valence-corrected chi connectivity index (χ1v) is 8.17. The standard InChI is InChI=1S/C17H28FN3/c1-3-9-19-17(15-7-5-6-8-16(15)18)14-21-12-10-20(4-2)11-13-21/h5-8,17,19H,3-4,9-14H2,1-2H3. The molecule has 1 aliphatic heterocycles. The summed E-state index contributed by atoms with van der Waals surface area (Å²) < 4.78 is 14.1. The Morgan fingerprint density at radius 3 is 2.38 bits per heavy atom. The van der Waals surface area contributed by atoms with E-state index in [9.17, 15) is 4.39 Å². The Hall–Kier alpha value is -0.970. The highest BCUT2D eigenvalue weighted by Gasteiger charge is 2.21. The summed E-state index contributed by atoms with van der Waals surface area (Å²) in [5, 5.41) is 3.50. The van der Waals surface area contributed by atoms with Gasteiger partial charge in [-0.15, -0.1) is 0 Å². The van der Waals surface area contributed by atoms with Crippen molar-refractivity contribution in [2.75, 3.05) is 45.8 Å². The first-order chi connectivity index (χ1) is 10.2. The minimum Gasteiger partial charge on any atom is -0.309 e. The molecule has 0 spiro atoms. The van der Waals surface area contributed by atoms with Crippen LogP contribution in [0.4, 0.5) is 4.39 Å². The maximum atomic E-state index is 14.1. The van der Waals surface area contributed by atoms with Crippen LogP contribution < -0.4 is 5.32 Å². The number of hydrogen-bond acceptors (Lipinski definition) is 3. The summed E-state index contributed by atoms with van der Waals surface area (Å²) in [4.78, 5) is 4.92. The second kappa shape index (κ2) is 8.47. The van der Waals surface area contributed by atoms with Gasteiger partial charge in [0, 0.05) is 44.3 Å². The quantitative estimate of drug-likeness (QED) is 0.833. The van der Waals surface area contributed by atoms with Crippen LogP contribution in [0.3, 0.4) is 0 Å². The van der Waals surface area contributed by atoms with Gasteiger partial charge in [-0.25, -0.2) is 4.39 Å². The molecule has 1 unspecified atom stereocenters. The molecule has 21 heavy (non-hydrogen) atoms. The molecule has 118 valence electrons. The van der Waals surface area contributed by atoms with Gasteiger partial charge in [0.15, 0.2) is 0 Å². The molecule has 0 aliphatic carbocycles. The van der Waals surface area contributed by atoms with Crippen molar-refractivity contribution < 1.29 is 4.39 Å². The van der Waals surface area contributed by atoms with Crippen LogP contribution in [0.5, 0.6) is 0 Å². The maximum absolute atomic E-state index is 14.1. The highest BCUT2D eigenvalue weighted by atomic mass is 19.1. The second-order valence-corrected chi connectivity index (χ2v) is 5.76. The third-order valence-corrected chi connectivity index (χ3v) is 4.27. The lowest BCUT2D eigenvalue weighted by Crippen LogP contribution is -2.48. The molecule has 1 aromatic carbocycles. The Labute approximate surface area is 128 Å². The number of hydrogen-bond donors (Lipinski definition) is 1. The molecule has 2 rings (SSSR count). The van der Waals surface area contributed by atoms with Crippen molar-refractivity contribution in [1.82, 2.24) is 15.1 Å². The third-order valence-electron chi connectivity index (χ3n) is 4.27. The number of benzene rings is 1. The predicted octanol–water partition coefficient (Wildman–Crippen LogP) is 2.50. The highest BCUT2D eigenvalue weighted by Crippen LogP contribution is 2.19. The van der Waals surface area contributed by atoms with Gasteiger partial charge >= 0.3 is 0 Å². The first kappa shape index (κ1) is 16.4. The van der Waals surface area contributed by atoms with Gasteiger partial charge in [0.2, 0.25) is 0 Å². The minimum absolute atomic E-state index is 0.0827. The minimum atomic E-state index is -0.0988. The monoisotopic (exact) mass is 293 g/mol. The SMILES string of the molecule is CCCNC(CN1CCN(CC)CC1)c1ccccc1F. The summed E-state index contributed by atoms with van der Waals surface area (Å²) in [5.74, 6) is -0.0988. The van der Waals surface area contributed by atoms with E-state index in [2.05, 4.69) is 29.0 Å². The van der Waals surface area contributed by atoms with Gasteiger partial charge in [-0.3, -0.25) is 4.90 Å². The summed E-state index contributed by atoms with van der Waals surface area (Å²) in [6.45, 7) is 11.7. The van der Waals surface area contributed by atoms with E-state index in [-0.39, 0.29) is 11.9 Å². The average Bonchev–Trinajstić information content (AvgIpc) is 2.53. The fraction of sp³-hybridized carbons (Fsp3) is 0.647. The lowest BCUT2D eigenvalue weighted by Gasteiger charge is -2.36. The molecule has 4 heteroatoms. The van der Waals surface area contributed by atoms with Gasteiger partial charge in [-0.1, -0.05) is 32.0 Å². The molecular formula is C17H28FN3. The Kier molecular flexibility index (Phi) is 6.61. The zero-order chi connectivity index (χ0) is 15.1. The Morgan fingerprint density at radius 2 is 1.76 bits per heavy atom. The van der Waals surface area contributed by atoms with Crippen LogP contribution in [0.1, 0.15) is 31.9 Å². The number of likely N-dealkylation sites (N-methyl/N-ethyl adjacent to an activating group) is 1. The smallest absolute Gasteiger partial charge is 0.128 e. The molecule has 0 saturated carbocycles. The van der Waals surface area contributed by atoms with Crippen LogP contribution in [-0.4, -0.2) is 55.6 Å². The van der Waals surface area contributed by atoms with E-state index < -0.39 is 0 Å². The fourth-order valence-corrected chi connectivity index (χ4v) is 2.90. The van der Waals surface area contributed by atoms with Crippen LogP contribution in [0.25, 0.3) is 0 Å². The molecule has 3 nitrogen and oxygen atoms in total. The third kappa shape index (κ3) is 4.77. The topological polar surface area (TPSA) is 18.5 Å². The molecule has 1 aromatic rings. The van der Waals surface area contributed by atoms with E-state index in [0.717, 1.165) is 57.8 Å². The van der Waals surface area contributed by atoms with Gasteiger partial charge in [0.1, 0.15) is 5.82 Å². The van der Waals surface area contributed by atoms with Gasteiger partial charge in [-0.2, -0.15) is 0 Å². The van der Waals surface area contributed by atoms with E-state index in [1.54, 1.807) is 12.1 Å². The molecule has 1 saturated heterocycles. The molecular weight excluding hydrogens is 265 g/mol. The summed E-state index contributed by atoms with van der Waals surface area (Å²) in [7, 11) is 0. The van der Waals surface area contributed by atoms with Crippen LogP contribution in [-0.2, 0) is 0 Å². The van der Waals surface area contributed by atoms with Gasteiger partial charge in [-0.05, 0) is 25.6 Å². The summed E-state index contributed by atoms with van der Waals surface area (Å²) in [5.41, 5.74) is 0.795. The summed E-state index contributed by atoms with van der Waals surface area (Å²) >= 11 is 0. The Balaban J connectivity index is 1.98. The van der Waals surface area contributed by atoms with Crippen LogP contribution >= 0.6 is 0 Å². The molecule has 1 N–H and O–H groups in total. The zero-order valence-corrected chi connectivity index (χ0v) is 13.3. The summed E-state index contributed by atoms with van der Waals surface area (Å²) in [6, 6.07) is 7.24. The molecule has 1 atom stereocenters. The van der Waals surface area contributed by atoms with Crippen LogP contribution in [0, 0.1) is 5.82 Å². The van der Waals surface area contributed by atoms with E-state index in [0.29, 0.717) is 0 Å². The molecule has 0 amide bonds. The van der Waals surface area contributed by atoms with Crippen LogP contribution in [0.15, 0.2) is 24.3 Å². The zero-order valence-electron chi connectivity index (χ0n) is 13.3. The average molecular weight is 293 g/mol. The molecule has 1 fully saturated rings. The van der Waals surface area contributed by atoms with Crippen molar-refractivity contribution in [3.8, 4) is 0 Å². The van der Waals surface area contributed by atoms with Crippen molar-refractivity contribution in [2.45, 2.75) is 26.3 Å². The molecule has 1 heterocycles. The molecule has 0 bridgehead atoms. The Morgan fingerprint density at radius 1 is 1.10 bits per heavy atom. The van der Waals surface area contributed by atoms with Crippen molar-refractivity contribution in [2.24, 2.45) is 0 Å². The molecule has 1 aliphatic rings. The normalized spacial score (nSPS) is 18.8. The van der Waals surface area contributed by atoms with Crippen molar-refractivity contribution >= 4 is 0 Å². The predicted molar refractivity (Wildman–Crippen MR) is 86.0 cm³/mol. The van der Waals surface area contributed by atoms with Crippen molar-refractivity contribution in [3.63, 3.8) is 0 Å². The molecule has 0 radical (unpaired) electrons. The maximum Gasteiger partial charge on any atom is 0.128 e. The van der Waals surface area contributed by atoms with Crippen molar-refractivity contribution in [3.05, 3.63) is 35.6 Å². The molecule has 0 aromatic heterocycles. The van der Waals surface area contributed by atoms with Gasteiger partial charge in [0.25, 0.3) is 0 Å². The lowest BCUT2D eigenvalue weighted by atomic mass is 10.0. The second-order valence-electron chi connectivity index (χ2n) is 5.76. The summed E-state index contributed by atoms with van der Waals surface area (Å²) in [6.07, 6.45) is 1.06. The van der Waals surface area contributed by atoms with Crippen LogP contribution in [0.2, 0.25) is 0 Å². The van der Waals surface area contributed by atoms with Gasteiger partial charge < -0.3 is 10.2 Å². The van der Waals surface area contributed by atoms with E-state index in [1.165, 1.54) is 0 Å². The number of piperazine rings is 1. The number of nitrogens with zero attached hydrogens (tertiary/aromatic N) is 2.